The van der Waals surface area contributed by atoms with Gasteiger partial charge < -0.3 is 5.32 Å². The number of hydrogen-bond donors (Lipinski definition) is 3. The lowest BCUT2D eigenvalue weighted by molar-refractivity contribution is 0.0918. The number of thiophene rings is 1. The number of carbonyl (C=O) groups is 1. The summed E-state index contributed by atoms with van der Waals surface area (Å²) in [6.45, 7) is 2.91. The molecule has 2 aliphatic rings. The van der Waals surface area contributed by atoms with Gasteiger partial charge in [0, 0.05) is 18.9 Å². The van der Waals surface area contributed by atoms with Crippen LogP contribution in [0.15, 0.2) is 42.0 Å². The van der Waals surface area contributed by atoms with Gasteiger partial charge in [-0.05, 0) is 61.3 Å². The predicted octanol–water partition coefficient (Wildman–Crippen LogP) is 2.15. The van der Waals surface area contributed by atoms with E-state index in [9.17, 15) is 4.79 Å². The fourth-order valence-corrected chi connectivity index (χ4v) is 4.42. The molecule has 0 aromatic carbocycles. The Hall–Kier alpha value is -1.80. The van der Waals surface area contributed by atoms with Crippen LogP contribution in [0.5, 0.6) is 0 Å². The van der Waals surface area contributed by atoms with Crippen LogP contribution in [0.1, 0.15) is 40.5 Å². The van der Waals surface area contributed by atoms with Gasteiger partial charge in [0.05, 0.1) is 17.1 Å². The molecule has 7 heteroatoms. The minimum absolute atomic E-state index is 0.0587. The molecule has 0 saturated carbocycles. The number of aromatic nitrogens is 1. The molecule has 2 unspecified atom stereocenters. The molecule has 0 aliphatic carbocycles. The summed E-state index contributed by atoms with van der Waals surface area (Å²) in [4.78, 5) is 19.6. The van der Waals surface area contributed by atoms with Crippen molar-refractivity contribution in [2.24, 2.45) is 5.92 Å². The zero-order valence-electron chi connectivity index (χ0n) is 14.7. The lowest BCUT2D eigenvalue weighted by atomic mass is 9.95. The Kier molecular flexibility index (Phi) is 5.59. The summed E-state index contributed by atoms with van der Waals surface area (Å²) in [5, 5.41) is 5.03. The van der Waals surface area contributed by atoms with Crippen molar-refractivity contribution in [3.63, 3.8) is 0 Å². The van der Waals surface area contributed by atoms with E-state index in [4.69, 9.17) is 0 Å². The van der Waals surface area contributed by atoms with E-state index in [0.29, 0.717) is 18.1 Å². The SMILES string of the molecule is O=C(NCC1CCN(C2CC(c3cccnc3)NN2)CC1)c1cccs1. The van der Waals surface area contributed by atoms with E-state index in [1.54, 1.807) is 0 Å². The number of likely N-dealkylation sites (tertiary alicyclic amines) is 1. The van der Waals surface area contributed by atoms with Crippen LogP contribution in [-0.4, -0.2) is 41.6 Å². The average Bonchev–Trinajstić information content (AvgIpc) is 3.39. The van der Waals surface area contributed by atoms with E-state index in [0.717, 1.165) is 43.8 Å². The summed E-state index contributed by atoms with van der Waals surface area (Å²) in [7, 11) is 0. The van der Waals surface area contributed by atoms with Crippen LogP contribution in [0, 0.1) is 5.92 Å². The Balaban J connectivity index is 1.21. The highest BCUT2D eigenvalue weighted by molar-refractivity contribution is 7.12. The van der Waals surface area contributed by atoms with Crippen molar-refractivity contribution in [2.75, 3.05) is 19.6 Å². The van der Waals surface area contributed by atoms with E-state index in [1.807, 2.05) is 36.0 Å². The molecule has 138 valence electrons. The second-order valence-electron chi connectivity index (χ2n) is 7.05. The molecule has 1 amide bonds. The maximum atomic E-state index is 12.1. The van der Waals surface area contributed by atoms with Gasteiger partial charge in [0.15, 0.2) is 0 Å². The van der Waals surface area contributed by atoms with Crippen LogP contribution in [0.4, 0.5) is 0 Å². The number of nitrogens with zero attached hydrogens (tertiary/aromatic N) is 2. The number of hydrogen-bond acceptors (Lipinski definition) is 6. The number of pyridine rings is 1. The van der Waals surface area contributed by atoms with Crippen LogP contribution in [0.3, 0.4) is 0 Å². The molecule has 2 aliphatic heterocycles. The summed E-state index contributed by atoms with van der Waals surface area (Å²) < 4.78 is 0. The van der Waals surface area contributed by atoms with E-state index in [1.165, 1.54) is 16.9 Å². The molecule has 2 saturated heterocycles. The Morgan fingerprint density at radius 1 is 1.27 bits per heavy atom. The maximum absolute atomic E-state index is 12.1. The number of rotatable bonds is 5. The molecule has 2 aromatic heterocycles. The van der Waals surface area contributed by atoms with Gasteiger partial charge in [-0.2, -0.15) is 0 Å². The lowest BCUT2D eigenvalue weighted by Crippen LogP contribution is -2.49. The van der Waals surface area contributed by atoms with Crippen molar-refractivity contribution in [1.29, 1.82) is 0 Å². The van der Waals surface area contributed by atoms with Crippen LogP contribution in [-0.2, 0) is 0 Å². The average molecular weight is 372 g/mol. The predicted molar refractivity (Wildman–Crippen MR) is 103 cm³/mol. The number of piperidine rings is 1. The first-order valence-electron chi connectivity index (χ1n) is 9.26. The second-order valence-corrected chi connectivity index (χ2v) is 7.99. The van der Waals surface area contributed by atoms with Crippen LogP contribution >= 0.6 is 11.3 Å². The van der Waals surface area contributed by atoms with E-state index >= 15 is 0 Å². The first-order chi connectivity index (χ1) is 12.8. The first-order valence-corrected chi connectivity index (χ1v) is 10.1. The third kappa shape index (κ3) is 4.12. The monoisotopic (exact) mass is 371 g/mol. The van der Waals surface area contributed by atoms with Crippen molar-refractivity contribution in [2.45, 2.75) is 31.5 Å². The third-order valence-corrected chi connectivity index (χ3v) is 6.22. The summed E-state index contributed by atoms with van der Waals surface area (Å²) in [5.41, 5.74) is 8.07. The molecule has 2 aromatic rings. The molecule has 0 bridgehead atoms. The highest BCUT2D eigenvalue weighted by Gasteiger charge is 2.32. The van der Waals surface area contributed by atoms with Gasteiger partial charge in [-0.3, -0.25) is 14.7 Å². The quantitative estimate of drug-likeness (QED) is 0.751. The number of hydrazine groups is 1. The summed E-state index contributed by atoms with van der Waals surface area (Å²) in [6.07, 6.45) is 7.41. The van der Waals surface area contributed by atoms with Crippen molar-refractivity contribution in [3.8, 4) is 0 Å². The van der Waals surface area contributed by atoms with E-state index in [2.05, 4.69) is 32.1 Å². The van der Waals surface area contributed by atoms with Crippen LogP contribution in [0.25, 0.3) is 0 Å². The minimum Gasteiger partial charge on any atom is -0.351 e. The fourth-order valence-electron chi connectivity index (χ4n) is 3.78. The summed E-state index contributed by atoms with van der Waals surface area (Å²) in [6, 6.07) is 8.22. The standard InChI is InChI=1S/C19H25N5OS/c25-19(17-4-2-10-26-17)21-12-14-5-8-24(9-6-14)18-11-16(22-23-18)15-3-1-7-20-13-15/h1-4,7,10,13-14,16,18,22-23H,5-6,8-9,11-12H2,(H,21,25). The van der Waals surface area contributed by atoms with Gasteiger partial charge in [-0.1, -0.05) is 12.1 Å². The maximum Gasteiger partial charge on any atom is 0.261 e. The van der Waals surface area contributed by atoms with Gasteiger partial charge in [0.1, 0.15) is 0 Å². The summed E-state index contributed by atoms with van der Waals surface area (Å²) >= 11 is 1.49. The van der Waals surface area contributed by atoms with Crippen molar-refractivity contribution >= 4 is 17.2 Å². The Bertz CT molecular complexity index is 700. The Morgan fingerprint density at radius 3 is 2.88 bits per heavy atom. The molecule has 0 radical (unpaired) electrons. The first kappa shape index (κ1) is 17.6. The molecule has 4 rings (SSSR count). The molecular formula is C19H25N5OS. The molecule has 3 N–H and O–H groups in total. The third-order valence-electron chi connectivity index (χ3n) is 5.36. The largest absolute Gasteiger partial charge is 0.351 e. The zero-order chi connectivity index (χ0) is 17.8. The molecule has 2 atom stereocenters. The summed E-state index contributed by atoms with van der Waals surface area (Å²) in [5.74, 6) is 0.627. The molecule has 2 fully saturated rings. The number of nitrogens with one attached hydrogen (secondary N) is 3. The van der Waals surface area contributed by atoms with Gasteiger partial charge in [0.2, 0.25) is 0 Å². The lowest BCUT2D eigenvalue weighted by Gasteiger charge is -2.35. The van der Waals surface area contributed by atoms with Gasteiger partial charge in [-0.15, -0.1) is 11.3 Å². The highest BCUT2D eigenvalue weighted by atomic mass is 32.1. The second kappa shape index (κ2) is 8.26. The molecule has 0 spiro atoms. The number of amides is 1. The van der Waals surface area contributed by atoms with Crippen molar-refractivity contribution in [3.05, 3.63) is 52.5 Å². The van der Waals surface area contributed by atoms with E-state index < -0.39 is 0 Å². The minimum atomic E-state index is 0.0587. The van der Waals surface area contributed by atoms with Crippen molar-refractivity contribution in [1.82, 2.24) is 26.1 Å². The number of carbonyl (C=O) groups excluding carboxylic acids is 1. The van der Waals surface area contributed by atoms with Gasteiger partial charge in [-0.25, -0.2) is 10.9 Å². The molecule has 26 heavy (non-hydrogen) atoms. The zero-order valence-corrected chi connectivity index (χ0v) is 15.5. The van der Waals surface area contributed by atoms with Gasteiger partial charge in [0.25, 0.3) is 5.91 Å². The van der Waals surface area contributed by atoms with Crippen LogP contribution in [0.2, 0.25) is 0 Å². The van der Waals surface area contributed by atoms with E-state index in [-0.39, 0.29) is 5.91 Å². The molecule has 6 nitrogen and oxygen atoms in total. The highest BCUT2D eigenvalue weighted by Crippen LogP contribution is 2.26. The molecular weight excluding hydrogens is 346 g/mol. The normalized spacial score (nSPS) is 24.6. The van der Waals surface area contributed by atoms with Crippen molar-refractivity contribution < 1.29 is 4.79 Å². The topological polar surface area (TPSA) is 69.3 Å². The Morgan fingerprint density at radius 2 is 2.15 bits per heavy atom. The van der Waals surface area contributed by atoms with Gasteiger partial charge >= 0.3 is 0 Å². The fraction of sp³-hybridized carbons (Fsp3) is 0.474. The van der Waals surface area contributed by atoms with Crippen LogP contribution < -0.4 is 16.2 Å². The molecule has 4 heterocycles. The Labute approximate surface area is 158 Å². The smallest absolute Gasteiger partial charge is 0.261 e.